The van der Waals surface area contributed by atoms with Crippen LogP contribution in [0.25, 0.3) is 5.57 Å². The van der Waals surface area contributed by atoms with Crippen LogP contribution < -0.4 is 10.6 Å². The minimum atomic E-state index is -0.577. The maximum absolute atomic E-state index is 12.7. The van der Waals surface area contributed by atoms with Crippen molar-refractivity contribution in [1.29, 1.82) is 0 Å². The van der Waals surface area contributed by atoms with Crippen molar-refractivity contribution in [2.75, 3.05) is 46.9 Å². The van der Waals surface area contributed by atoms with Gasteiger partial charge < -0.3 is 25.0 Å². The molecular formula is C24H35N3O3. The van der Waals surface area contributed by atoms with Crippen LogP contribution in [0.1, 0.15) is 42.6 Å². The number of hydrogen-bond donors (Lipinski definition) is 2. The normalized spacial score (nSPS) is 20.8. The molecule has 1 saturated heterocycles. The van der Waals surface area contributed by atoms with Gasteiger partial charge in [-0.1, -0.05) is 24.3 Å². The first-order valence-electron chi connectivity index (χ1n) is 10.8. The number of allylic oxidation sites excluding steroid dienone is 3. The fraction of sp³-hybridized carbons (Fsp3) is 0.542. The highest BCUT2D eigenvalue weighted by molar-refractivity contribution is 5.95. The summed E-state index contributed by atoms with van der Waals surface area (Å²) in [6.45, 7) is 7.55. The molecule has 3 rings (SSSR count). The molecule has 30 heavy (non-hydrogen) atoms. The Labute approximate surface area is 180 Å². The third kappa shape index (κ3) is 6.51. The van der Waals surface area contributed by atoms with Gasteiger partial charge in [-0.05, 0) is 69.6 Å². The Kier molecular flexibility index (Phi) is 7.83. The van der Waals surface area contributed by atoms with Crippen molar-refractivity contribution in [3.8, 4) is 0 Å². The fourth-order valence-corrected chi connectivity index (χ4v) is 3.74. The van der Waals surface area contributed by atoms with E-state index >= 15 is 0 Å². The van der Waals surface area contributed by atoms with Crippen LogP contribution in [0.2, 0.25) is 0 Å². The molecule has 164 valence electrons. The van der Waals surface area contributed by atoms with E-state index < -0.39 is 5.79 Å². The molecule has 0 aromatic heterocycles. The maximum Gasteiger partial charge on any atom is 0.251 e. The Bertz CT molecular complexity index is 799. The number of rotatable bonds is 9. The number of carbonyl (C=O) groups excluding carboxylic acids is 1. The quantitative estimate of drug-likeness (QED) is 0.610. The average Bonchev–Trinajstić information content (AvgIpc) is 3.08. The fourth-order valence-electron chi connectivity index (χ4n) is 3.74. The van der Waals surface area contributed by atoms with E-state index in [0.717, 1.165) is 38.0 Å². The van der Waals surface area contributed by atoms with Gasteiger partial charge in [-0.3, -0.25) is 4.79 Å². The molecule has 0 spiro atoms. The molecule has 6 nitrogen and oxygen atoms in total. The lowest BCUT2D eigenvalue weighted by Crippen LogP contribution is -2.34. The summed E-state index contributed by atoms with van der Waals surface area (Å²) in [4.78, 5) is 14.9. The highest BCUT2D eigenvalue weighted by Crippen LogP contribution is 2.28. The van der Waals surface area contributed by atoms with E-state index in [1.807, 2.05) is 32.0 Å². The molecule has 2 N–H and O–H groups in total. The summed E-state index contributed by atoms with van der Waals surface area (Å²) < 4.78 is 11.3. The van der Waals surface area contributed by atoms with Gasteiger partial charge in [0, 0.05) is 31.7 Å². The standard InChI is InChI=1S/C24H35N3O3/c1-24(2)29-17-21(30-24)16-26-23(28)19-10-7-9-18(14-19)22-11-6-5-8-20(22)15-25-12-13-27(3)4/h6-7,9-11,14,21,25H,5,8,12-13,15-17H2,1-4H3,(H,26,28). The Morgan fingerprint density at radius 1 is 1.30 bits per heavy atom. The van der Waals surface area contributed by atoms with Crippen molar-refractivity contribution in [2.45, 2.75) is 38.6 Å². The second kappa shape index (κ2) is 10.4. The largest absolute Gasteiger partial charge is 0.349 e. The van der Waals surface area contributed by atoms with Crippen LogP contribution in [0.15, 0.2) is 42.0 Å². The summed E-state index contributed by atoms with van der Waals surface area (Å²) in [6, 6.07) is 7.88. The molecule has 1 unspecified atom stereocenters. The smallest absolute Gasteiger partial charge is 0.251 e. The van der Waals surface area contributed by atoms with Crippen LogP contribution in [0, 0.1) is 0 Å². The highest BCUT2D eigenvalue weighted by Gasteiger charge is 2.32. The molecule has 6 heteroatoms. The summed E-state index contributed by atoms with van der Waals surface area (Å²) in [5.41, 5.74) is 4.37. The average molecular weight is 414 g/mol. The van der Waals surface area contributed by atoms with Crippen molar-refractivity contribution in [3.63, 3.8) is 0 Å². The number of ether oxygens (including phenoxy) is 2. The maximum atomic E-state index is 12.7. The van der Waals surface area contributed by atoms with Crippen LogP contribution in [-0.4, -0.2) is 69.6 Å². The summed E-state index contributed by atoms with van der Waals surface area (Å²) in [5, 5.41) is 6.52. The molecule has 1 aliphatic carbocycles. The zero-order valence-electron chi connectivity index (χ0n) is 18.7. The van der Waals surface area contributed by atoms with Crippen molar-refractivity contribution < 1.29 is 14.3 Å². The molecule has 1 atom stereocenters. The van der Waals surface area contributed by atoms with Crippen LogP contribution in [0.3, 0.4) is 0 Å². The van der Waals surface area contributed by atoms with E-state index in [0.29, 0.717) is 18.7 Å². The first-order valence-corrected chi connectivity index (χ1v) is 10.8. The number of benzene rings is 1. The van der Waals surface area contributed by atoms with Crippen LogP contribution in [-0.2, 0) is 9.47 Å². The van der Waals surface area contributed by atoms with E-state index in [1.54, 1.807) is 0 Å². The number of amides is 1. The zero-order valence-corrected chi connectivity index (χ0v) is 18.7. The van der Waals surface area contributed by atoms with Gasteiger partial charge >= 0.3 is 0 Å². The molecule has 1 aliphatic heterocycles. The number of hydrogen-bond acceptors (Lipinski definition) is 5. The van der Waals surface area contributed by atoms with E-state index in [2.05, 4.69) is 47.8 Å². The van der Waals surface area contributed by atoms with Crippen molar-refractivity contribution in [2.24, 2.45) is 0 Å². The number of nitrogens with zero attached hydrogens (tertiary/aromatic N) is 1. The van der Waals surface area contributed by atoms with E-state index in [1.165, 1.54) is 11.1 Å². The Hall–Kier alpha value is -1.99. The lowest BCUT2D eigenvalue weighted by Gasteiger charge is -2.19. The second-order valence-electron chi connectivity index (χ2n) is 8.68. The molecule has 1 amide bonds. The van der Waals surface area contributed by atoms with Gasteiger partial charge in [0.25, 0.3) is 5.91 Å². The van der Waals surface area contributed by atoms with E-state index in [9.17, 15) is 4.79 Å². The third-order valence-electron chi connectivity index (χ3n) is 5.35. The predicted molar refractivity (Wildman–Crippen MR) is 120 cm³/mol. The molecule has 1 aromatic rings. The van der Waals surface area contributed by atoms with Crippen molar-refractivity contribution in [3.05, 3.63) is 53.1 Å². The number of carbonyl (C=O) groups is 1. The first kappa shape index (κ1) is 22.7. The predicted octanol–water partition coefficient (Wildman–Crippen LogP) is 2.82. The highest BCUT2D eigenvalue weighted by atomic mass is 16.7. The van der Waals surface area contributed by atoms with Crippen molar-refractivity contribution >= 4 is 11.5 Å². The van der Waals surface area contributed by atoms with Gasteiger partial charge in [-0.2, -0.15) is 0 Å². The SMILES string of the molecule is CN(C)CCNCC1=C(c2cccc(C(=O)NCC3COC(C)(C)O3)c2)C=CCC1. The van der Waals surface area contributed by atoms with Gasteiger partial charge in [-0.15, -0.1) is 0 Å². The molecule has 0 radical (unpaired) electrons. The lowest BCUT2D eigenvalue weighted by atomic mass is 9.91. The second-order valence-corrected chi connectivity index (χ2v) is 8.68. The lowest BCUT2D eigenvalue weighted by molar-refractivity contribution is -0.137. The van der Waals surface area contributed by atoms with Gasteiger partial charge in [-0.25, -0.2) is 0 Å². The topological polar surface area (TPSA) is 62.8 Å². The van der Waals surface area contributed by atoms with Gasteiger partial charge in [0.15, 0.2) is 5.79 Å². The zero-order chi connectivity index (χ0) is 21.6. The van der Waals surface area contributed by atoms with Gasteiger partial charge in [0.05, 0.1) is 6.61 Å². The molecule has 1 heterocycles. The van der Waals surface area contributed by atoms with Crippen LogP contribution in [0.4, 0.5) is 0 Å². The van der Waals surface area contributed by atoms with E-state index in [-0.39, 0.29) is 12.0 Å². The Balaban J connectivity index is 1.63. The number of nitrogens with one attached hydrogen (secondary N) is 2. The molecule has 1 aromatic carbocycles. The van der Waals surface area contributed by atoms with Crippen molar-refractivity contribution in [1.82, 2.24) is 15.5 Å². The summed E-state index contributed by atoms with van der Waals surface area (Å²) >= 11 is 0. The molecular weight excluding hydrogens is 378 g/mol. The minimum absolute atomic E-state index is 0.0868. The van der Waals surface area contributed by atoms with Gasteiger partial charge in [0.2, 0.25) is 0 Å². The third-order valence-corrected chi connectivity index (χ3v) is 5.35. The van der Waals surface area contributed by atoms with Crippen LogP contribution in [0.5, 0.6) is 0 Å². The molecule has 2 aliphatic rings. The summed E-state index contributed by atoms with van der Waals surface area (Å²) in [7, 11) is 4.16. The van der Waals surface area contributed by atoms with Crippen LogP contribution >= 0.6 is 0 Å². The summed E-state index contributed by atoms with van der Waals surface area (Å²) in [5.74, 6) is -0.664. The Morgan fingerprint density at radius 3 is 2.87 bits per heavy atom. The summed E-state index contributed by atoms with van der Waals surface area (Å²) in [6.07, 6.45) is 6.40. The minimum Gasteiger partial charge on any atom is -0.349 e. The molecule has 1 fully saturated rings. The molecule has 0 saturated carbocycles. The van der Waals surface area contributed by atoms with Gasteiger partial charge in [0.1, 0.15) is 6.10 Å². The number of likely N-dealkylation sites (N-methyl/N-ethyl adjacent to an activating group) is 1. The first-order chi connectivity index (χ1) is 14.3. The molecule has 0 bridgehead atoms. The Morgan fingerprint density at radius 2 is 2.13 bits per heavy atom. The van der Waals surface area contributed by atoms with E-state index in [4.69, 9.17) is 9.47 Å². The monoisotopic (exact) mass is 413 g/mol.